The molecule has 2 aromatic carbocycles. The first-order chi connectivity index (χ1) is 18.1. The fourth-order valence-electron chi connectivity index (χ4n) is 4.51. The molecule has 0 bridgehead atoms. The van der Waals surface area contributed by atoms with Gasteiger partial charge in [0.1, 0.15) is 6.04 Å². The molecule has 1 saturated heterocycles. The zero-order valence-corrected chi connectivity index (χ0v) is 21.1. The third-order valence-electron chi connectivity index (χ3n) is 6.96. The molecule has 204 valence electrons. The van der Waals surface area contributed by atoms with Crippen LogP contribution in [0.4, 0.5) is 13.2 Å². The van der Waals surface area contributed by atoms with Gasteiger partial charge < -0.3 is 25.0 Å². The van der Waals surface area contributed by atoms with Crippen molar-refractivity contribution >= 4 is 17.7 Å². The summed E-state index contributed by atoms with van der Waals surface area (Å²) in [6.45, 7) is 4.50. The minimum atomic E-state index is -4.48. The molecule has 1 fully saturated rings. The summed E-state index contributed by atoms with van der Waals surface area (Å²) in [6, 6.07) is 8.00. The molecular weight excluding hydrogens is 503 g/mol. The molecule has 0 saturated carbocycles. The molecule has 2 aliphatic heterocycles. The number of piperidine rings is 1. The Balaban J connectivity index is 1.43. The van der Waals surface area contributed by atoms with Crippen molar-refractivity contribution in [3.05, 3.63) is 59.2 Å². The number of carbonyl (C=O) groups is 3. The normalized spacial score (nSPS) is 17.0. The quantitative estimate of drug-likeness (QED) is 0.561. The number of benzene rings is 2. The van der Waals surface area contributed by atoms with Crippen LogP contribution in [0.5, 0.6) is 11.5 Å². The van der Waals surface area contributed by atoms with E-state index in [-0.39, 0.29) is 36.1 Å². The van der Waals surface area contributed by atoms with Crippen molar-refractivity contribution in [1.29, 1.82) is 0 Å². The van der Waals surface area contributed by atoms with Crippen LogP contribution in [0, 0.1) is 5.92 Å². The first-order valence-electron chi connectivity index (χ1n) is 12.5. The zero-order valence-electron chi connectivity index (χ0n) is 21.1. The maximum absolute atomic E-state index is 13.2. The molecule has 38 heavy (non-hydrogen) atoms. The van der Waals surface area contributed by atoms with E-state index in [1.165, 1.54) is 12.1 Å². The number of amides is 3. The molecule has 2 aliphatic rings. The number of hydrogen-bond donors (Lipinski definition) is 2. The van der Waals surface area contributed by atoms with Crippen molar-refractivity contribution in [3.63, 3.8) is 0 Å². The van der Waals surface area contributed by atoms with Gasteiger partial charge in [-0.25, -0.2) is 0 Å². The van der Waals surface area contributed by atoms with E-state index in [1.807, 2.05) is 13.8 Å². The third kappa shape index (κ3) is 6.20. The average Bonchev–Trinajstić information content (AvgIpc) is 3.39. The second kappa shape index (κ2) is 11.3. The van der Waals surface area contributed by atoms with Gasteiger partial charge in [-0.1, -0.05) is 6.92 Å². The predicted molar refractivity (Wildman–Crippen MR) is 132 cm³/mol. The number of carbonyl (C=O) groups excluding carboxylic acids is 3. The highest BCUT2D eigenvalue weighted by Gasteiger charge is 2.35. The van der Waals surface area contributed by atoms with E-state index in [4.69, 9.17) is 9.47 Å². The summed E-state index contributed by atoms with van der Waals surface area (Å²) in [5.41, 5.74) is -0.328. The van der Waals surface area contributed by atoms with Crippen molar-refractivity contribution < 1.29 is 37.0 Å². The number of nitrogens with zero attached hydrogens (tertiary/aromatic N) is 1. The SMILES string of the molecule is CCC(C)NC(=O)C(NC(=O)c1ccc2c(c1)OCO2)C1CCN(C(=O)c2ccc(C(F)(F)F)cc2)CC1. The van der Waals surface area contributed by atoms with Crippen molar-refractivity contribution in [1.82, 2.24) is 15.5 Å². The predicted octanol–water partition coefficient (Wildman–Crippen LogP) is 4.00. The van der Waals surface area contributed by atoms with Crippen LogP contribution >= 0.6 is 0 Å². The minimum absolute atomic E-state index is 0.0735. The number of nitrogens with one attached hydrogen (secondary N) is 2. The Hall–Kier alpha value is -3.76. The molecular formula is C27H30F3N3O5. The Bertz CT molecular complexity index is 1180. The van der Waals surface area contributed by atoms with E-state index in [2.05, 4.69) is 10.6 Å². The summed E-state index contributed by atoms with van der Waals surface area (Å²) in [6.07, 6.45) is -2.89. The number of likely N-dealkylation sites (tertiary alicyclic amines) is 1. The number of halogens is 3. The smallest absolute Gasteiger partial charge is 0.416 e. The molecule has 2 heterocycles. The molecule has 8 nitrogen and oxygen atoms in total. The molecule has 2 atom stereocenters. The van der Waals surface area contributed by atoms with Gasteiger partial charge in [-0.3, -0.25) is 14.4 Å². The summed E-state index contributed by atoms with van der Waals surface area (Å²) < 4.78 is 49.2. The highest BCUT2D eigenvalue weighted by Crippen LogP contribution is 2.33. The van der Waals surface area contributed by atoms with Crippen LogP contribution in [0.15, 0.2) is 42.5 Å². The van der Waals surface area contributed by atoms with Crippen molar-refractivity contribution in [2.75, 3.05) is 19.9 Å². The average molecular weight is 534 g/mol. The molecule has 2 aromatic rings. The van der Waals surface area contributed by atoms with Gasteiger partial charge in [0, 0.05) is 30.3 Å². The number of rotatable bonds is 7. The van der Waals surface area contributed by atoms with Crippen LogP contribution in [0.1, 0.15) is 59.4 Å². The van der Waals surface area contributed by atoms with E-state index in [9.17, 15) is 27.6 Å². The second-order valence-electron chi connectivity index (χ2n) is 9.54. The highest BCUT2D eigenvalue weighted by atomic mass is 19.4. The second-order valence-corrected chi connectivity index (χ2v) is 9.54. The Morgan fingerprint density at radius 3 is 2.24 bits per heavy atom. The molecule has 2 unspecified atom stereocenters. The summed E-state index contributed by atoms with van der Waals surface area (Å²) in [5, 5.41) is 5.79. The molecule has 3 amide bonds. The Kier molecular flexibility index (Phi) is 8.13. The maximum atomic E-state index is 13.2. The highest BCUT2D eigenvalue weighted by molar-refractivity contribution is 5.98. The van der Waals surface area contributed by atoms with E-state index in [1.54, 1.807) is 23.1 Å². The van der Waals surface area contributed by atoms with Gasteiger partial charge in [0.05, 0.1) is 5.56 Å². The Labute approximate surface area is 218 Å². The summed E-state index contributed by atoms with van der Waals surface area (Å²) in [5.74, 6) is -0.362. The van der Waals surface area contributed by atoms with E-state index in [0.29, 0.717) is 49.4 Å². The molecule has 2 N–H and O–H groups in total. The Morgan fingerprint density at radius 1 is 0.974 bits per heavy atom. The van der Waals surface area contributed by atoms with E-state index < -0.39 is 23.7 Å². The minimum Gasteiger partial charge on any atom is -0.454 e. The van der Waals surface area contributed by atoms with Gasteiger partial charge in [0.25, 0.3) is 11.8 Å². The number of fused-ring (bicyclic) bond motifs is 1. The van der Waals surface area contributed by atoms with Crippen LogP contribution in [-0.2, 0) is 11.0 Å². The van der Waals surface area contributed by atoms with Crippen LogP contribution in [0.25, 0.3) is 0 Å². The van der Waals surface area contributed by atoms with Crippen molar-refractivity contribution in [2.24, 2.45) is 5.92 Å². The van der Waals surface area contributed by atoms with Gasteiger partial charge in [0.2, 0.25) is 12.7 Å². The zero-order chi connectivity index (χ0) is 27.4. The lowest BCUT2D eigenvalue weighted by Gasteiger charge is -2.36. The monoisotopic (exact) mass is 533 g/mol. The Morgan fingerprint density at radius 2 is 1.61 bits per heavy atom. The van der Waals surface area contributed by atoms with Crippen LogP contribution in [-0.4, -0.2) is 54.6 Å². The lowest BCUT2D eigenvalue weighted by atomic mass is 9.88. The van der Waals surface area contributed by atoms with Gasteiger partial charge in [-0.15, -0.1) is 0 Å². The van der Waals surface area contributed by atoms with E-state index >= 15 is 0 Å². The summed E-state index contributed by atoms with van der Waals surface area (Å²) >= 11 is 0. The number of hydrogen-bond acceptors (Lipinski definition) is 5. The summed E-state index contributed by atoms with van der Waals surface area (Å²) in [7, 11) is 0. The largest absolute Gasteiger partial charge is 0.454 e. The van der Waals surface area contributed by atoms with Gasteiger partial charge in [-0.2, -0.15) is 13.2 Å². The van der Waals surface area contributed by atoms with Gasteiger partial charge >= 0.3 is 6.18 Å². The molecule has 4 rings (SSSR count). The fraction of sp³-hybridized carbons (Fsp3) is 0.444. The maximum Gasteiger partial charge on any atom is 0.416 e. The van der Waals surface area contributed by atoms with Crippen LogP contribution in [0.2, 0.25) is 0 Å². The topological polar surface area (TPSA) is 97.0 Å². The van der Waals surface area contributed by atoms with E-state index in [0.717, 1.165) is 12.1 Å². The number of alkyl halides is 3. The standard InChI is InChI=1S/C27H30F3N3O5/c1-3-16(2)31-25(35)23(32-24(34)19-6-9-21-22(14-19)38-15-37-21)17-10-12-33(13-11-17)26(36)18-4-7-20(8-5-18)27(28,29)30/h4-9,14,16-17,23H,3,10-13,15H2,1-2H3,(H,31,35)(H,32,34). The third-order valence-corrected chi connectivity index (χ3v) is 6.96. The van der Waals surface area contributed by atoms with Crippen LogP contribution in [0.3, 0.4) is 0 Å². The van der Waals surface area contributed by atoms with Gasteiger partial charge in [0.15, 0.2) is 11.5 Å². The van der Waals surface area contributed by atoms with Crippen molar-refractivity contribution in [3.8, 4) is 11.5 Å². The number of ether oxygens (including phenoxy) is 2. The lowest BCUT2D eigenvalue weighted by molar-refractivity contribution is -0.137. The first-order valence-corrected chi connectivity index (χ1v) is 12.5. The first kappa shape index (κ1) is 27.3. The molecule has 11 heteroatoms. The lowest BCUT2D eigenvalue weighted by Crippen LogP contribution is -2.55. The van der Waals surface area contributed by atoms with Gasteiger partial charge in [-0.05, 0) is 74.6 Å². The molecule has 0 aromatic heterocycles. The fourth-order valence-corrected chi connectivity index (χ4v) is 4.51. The van der Waals surface area contributed by atoms with Crippen molar-refractivity contribution in [2.45, 2.75) is 51.4 Å². The molecule has 0 spiro atoms. The summed E-state index contributed by atoms with van der Waals surface area (Å²) in [4.78, 5) is 40.7. The molecule has 0 radical (unpaired) electrons. The molecule has 0 aliphatic carbocycles. The van der Waals surface area contributed by atoms with Crippen LogP contribution < -0.4 is 20.1 Å².